The van der Waals surface area contributed by atoms with Gasteiger partial charge in [0.2, 0.25) is 23.7 Å². The third-order valence-corrected chi connectivity index (χ3v) is 23.0. The molecular weight excluding hydrogens is 1610 g/mol. The molecular formula is C87H81Cl3F3N21O5S. The zero-order chi connectivity index (χ0) is 83.3. The fraction of sp³-hybridized carbons (Fsp3) is 0.241. The van der Waals surface area contributed by atoms with Gasteiger partial charge in [0, 0.05) is 233 Å². The summed E-state index contributed by atoms with van der Waals surface area (Å²) in [5.41, 5.74) is 14.0. The summed E-state index contributed by atoms with van der Waals surface area (Å²) < 4.78 is 53.2. The molecule has 0 unspecified atom stereocenters. The van der Waals surface area contributed by atoms with Gasteiger partial charge in [0.15, 0.2) is 0 Å². The minimum Gasteiger partial charge on any atom is -0.464 e. The van der Waals surface area contributed by atoms with Crippen molar-refractivity contribution in [3.63, 3.8) is 0 Å². The average Bonchev–Trinajstić information content (AvgIpc) is 0.907. The number of nitrogens with zero attached hydrogens (tertiary/aromatic N) is 17. The lowest BCUT2D eigenvalue weighted by Crippen LogP contribution is -2.44. The van der Waals surface area contributed by atoms with E-state index in [1.54, 1.807) is 63.1 Å². The van der Waals surface area contributed by atoms with Gasteiger partial charge in [-0.15, -0.1) is 11.3 Å². The molecule has 3 saturated heterocycles. The number of anilines is 9. The van der Waals surface area contributed by atoms with Crippen LogP contribution in [-0.4, -0.2) is 161 Å². The number of aryl methyl sites for hydroxylation is 3. The summed E-state index contributed by atoms with van der Waals surface area (Å²) in [5.74, 6) is 0.205. The Morgan fingerprint density at radius 1 is 0.458 bits per heavy atom. The van der Waals surface area contributed by atoms with Gasteiger partial charge < -0.3 is 54.7 Å². The fourth-order valence-corrected chi connectivity index (χ4v) is 16.2. The summed E-state index contributed by atoms with van der Waals surface area (Å²) in [6.45, 7) is 19.1. The van der Waals surface area contributed by atoms with Gasteiger partial charge in [-0.2, -0.15) is 33.1 Å². The van der Waals surface area contributed by atoms with E-state index in [9.17, 15) is 27.6 Å². The number of benzene rings is 6. The molecule has 4 N–H and O–H groups in total. The number of furan rings is 1. The van der Waals surface area contributed by atoms with Crippen molar-refractivity contribution in [2.24, 2.45) is 0 Å². The van der Waals surface area contributed by atoms with Crippen molar-refractivity contribution < 1.29 is 22.1 Å². The molecule has 0 bridgehead atoms. The van der Waals surface area contributed by atoms with Gasteiger partial charge in [-0.25, -0.2) is 15.0 Å². The first-order valence-corrected chi connectivity index (χ1v) is 41.1. The highest BCUT2D eigenvalue weighted by Crippen LogP contribution is 2.38. The van der Waals surface area contributed by atoms with Crippen molar-refractivity contribution in [3.05, 3.63) is 246 Å². The van der Waals surface area contributed by atoms with Crippen LogP contribution in [0.15, 0.2) is 218 Å². The second kappa shape index (κ2) is 35.6. The molecule has 12 heterocycles. The van der Waals surface area contributed by atoms with Gasteiger partial charge in [-0.1, -0.05) is 76.4 Å². The highest BCUT2D eigenvalue weighted by Gasteiger charge is 2.39. The molecule has 3 fully saturated rings. The minimum absolute atomic E-state index is 0.134. The summed E-state index contributed by atoms with van der Waals surface area (Å²) in [4.78, 5) is 88.5. The number of hydrogen-bond acceptors (Lipinski definition) is 24. The number of piperazine rings is 3. The van der Waals surface area contributed by atoms with E-state index in [1.165, 1.54) is 34.1 Å². The maximum absolute atomic E-state index is 13.6. The van der Waals surface area contributed by atoms with Crippen LogP contribution < -0.4 is 52.6 Å². The van der Waals surface area contributed by atoms with Crippen LogP contribution in [0.5, 0.6) is 0 Å². The van der Waals surface area contributed by atoms with E-state index < -0.39 is 12.1 Å². The second-order valence-corrected chi connectivity index (χ2v) is 31.0. The van der Waals surface area contributed by atoms with E-state index in [0.29, 0.717) is 103 Å². The summed E-state index contributed by atoms with van der Waals surface area (Å²) in [7, 11) is 4.28. The van der Waals surface area contributed by atoms with Crippen molar-refractivity contribution in [2.75, 3.05) is 123 Å². The van der Waals surface area contributed by atoms with Crippen LogP contribution in [0.4, 0.5) is 65.1 Å². The Kier molecular flexibility index (Phi) is 24.2. The SMILES string of the molecule is CCn1c(=O)c(-c2ccc(-c3ccco3)cc2Cl)cc2cnc(Nc3ccc(N4CCN(C)CC4)cc3)nc21.CCn1c(=O)c(-c2ccc(-c3cncs3)cc2Cl)cc2cnc(Nc3ccc(N4CCNCC4)cc3)nc21.CCn1c(=O)c(-c2ccc(-c3noc(C(F)(F)F)n3)cc2Cl)cc2cnc(Nc3ccc(N4CCN(C)CC4)cc3)nc21. The largest absolute Gasteiger partial charge is 0.471 e. The highest BCUT2D eigenvalue weighted by molar-refractivity contribution is 7.13. The first-order valence-electron chi connectivity index (χ1n) is 39.1. The van der Waals surface area contributed by atoms with Gasteiger partial charge in [0.25, 0.3) is 16.7 Å². The molecule has 0 saturated carbocycles. The zero-order valence-corrected chi connectivity index (χ0v) is 69.0. The lowest BCUT2D eigenvalue weighted by molar-refractivity contribution is -0.159. The Morgan fingerprint density at radius 3 is 1.22 bits per heavy atom. The lowest BCUT2D eigenvalue weighted by Gasteiger charge is -2.34. The molecule has 26 nitrogen and oxygen atoms in total. The molecule has 15 aromatic rings. The molecule has 33 heteroatoms. The Balaban J connectivity index is 0.000000134. The lowest BCUT2D eigenvalue weighted by atomic mass is 10.0. The van der Waals surface area contributed by atoms with E-state index in [4.69, 9.17) is 49.2 Å². The monoisotopic (exact) mass is 1690 g/mol. The topological polar surface area (TPSA) is 273 Å². The quantitative estimate of drug-likeness (QED) is 0.0621. The molecule has 9 aromatic heterocycles. The molecule has 6 aromatic carbocycles. The maximum Gasteiger partial charge on any atom is 0.471 e. The van der Waals surface area contributed by atoms with Crippen molar-refractivity contribution >= 4 is 131 Å². The number of rotatable bonds is 18. The molecule has 0 spiro atoms. The van der Waals surface area contributed by atoms with E-state index in [-0.39, 0.29) is 33.1 Å². The predicted octanol–water partition coefficient (Wildman–Crippen LogP) is 17.0. The van der Waals surface area contributed by atoms with Gasteiger partial charge >= 0.3 is 12.1 Å². The first kappa shape index (κ1) is 81.3. The van der Waals surface area contributed by atoms with Crippen LogP contribution in [0.1, 0.15) is 26.7 Å². The number of halogens is 6. The van der Waals surface area contributed by atoms with Gasteiger partial charge in [-0.3, -0.25) is 33.1 Å². The Bertz CT molecular complexity index is 6400. The van der Waals surface area contributed by atoms with Crippen LogP contribution in [0.25, 0.3) is 99.6 Å². The Morgan fingerprint density at radius 2 is 0.850 bits per heavy atom. The smallest absolute Gasteiger partial charge is 0.464 e. The van der Waals surface area contributed by atoms with Crippen molar-refractivity contribution in [1.29, 1.82) is 0 Å². The van der Waals surface area contributed by atoms with Crippen LogP contribution in [0.2, 0.25) is 15.1 Å². The van der Waals surface area contributed by atoms with Crippen LogP contribution in [0, 0.1) is 0 Å². The molecule has 3 aliphatic heterocycles. The molecule has 3 aliphatic rings. The molecule has 0 radical (unpaired) electrons. The number of likely N-dealkylation sites (N-methyl/N-ethyl adjacent to an activating group) is 2. The molecule has 0 atom stereocenters. The van der Waals surface area contributed by atoms with Gasteiger partial charge in [0.1, 0.15) is 22.7 Å². The normalized spacial score (nSPS) is 14.1. The number of fused-ring (bicyclic) bond motifs is 3. The van der Waals surface area contributed by atoms with Gasteiger partial charge in [-0.05, 0) is 162 Å². The molecule has 0 aliphatic carbocycles. The molecule has 0 amide bonds. The summed E-state index contributed by atoms with van der Waals surface area (Å²) in [5, 5.41) is 19.8. The number of nitrogens with one attached hydrogen (secondary N) is 4. The molecule has 120 heavy (non-hydrogen) atoms. The summed E-state index contributed by atoms with van der Waals surface area (Å²) in [6.07, 6.45) is 3.77. The predicted molar refractivity (Wildman–Crippen MR) is 471 cm³/mol. The maximum atomic E-state index is 13.6. The molecule has 612 valence electrons. The van der Waals surface area contributed by atoms with Crippen molar-refractivity contribution in [1.82, 2.24) is 73.8 Å². The standard InChI is InChI=1S/C30H29ClN6O2.C29H26ClF3N8O2.C28H26ClN7OS/c1-3-37-28-21(17-25(29(37)38)24-11-6-20(18-26(24)31)27-5-4-16-39-27)19-32-30(34-28)33-22-7-9-23(10-8-22)36-14-12-35(2)13-15-36;1-3-41-25-18(16-34-28(37-25)35-19-5-7-20(8-6-19)40-12-10-39(2)11-13-40)14-22(26(41)42)21-9-4-17(15-23(21)30)24-36-27(43-38-24)29(31,32)33;1-2-36-26-19(13-23(27(36)37)22-8-3-18(14-24(22)29)25-16-31-17-38-25)15-32-28(34-26)33-20-4-6-21(7-5-20)35-11-9-30-10-12-35/h4-11,16-19H,3,12-15H2,1-2H3,(H,32,33,34);4-9,14-16H,3,10-13H2,1-2H3,(H,34,35,37);3-8,13-17,30H,2,9-12H2,1H3,(H,32,33,34). The number of aromatic nitrogens is 12. The average molecular weight is 1700 g/mol. The summed E-state index contributed by atoms with van der Waals surface area (Å²) >= 11 is 21.4. The Hall–Kier alpha value is -12.4. The Labute approximate surface area is 705 Å². The number of hydrogen-bond donors (Lipinski definition) is 4. The fourth-order valence-electron chi connectivity index (χ4n) is 14.7. The van der Waals surface area contributed by atoms with Crippen LogP contribution >= 0.6 is 46.1 Å². The third-order valence-electron chi connectivity index (χ3n) is 21.2. The van der Waals surface area contributed by atoms with Crippen LogP contribution in [0.3, 0.4) is 0 Å². The first-order chi connectivity index (χ1) is 58.2. The number of thiazole rings is 1. The van der Waals surface area contributed by atoms with E-state index >= 15 is 0 Å². The van der Waals surface area contributed by atoms with Crippen molar-refractivity contribution in [3.8, 4) is 66.5 Å². The third kappa shape index (κ3) is 17.8. The number of pyridine rings is 3. The molecule has 18 rings (SSSR count). The van der Waals surface area contributed by atoms with E-state index in [1.807, 2.05) is 118 Å². The van der Waals surface area contributed by atoms with E-state index in [0.717, 1.165) is 134 Å². The number of alkyl halides is 3. The highest BCUT2D eigenvalue weighted by atomic mass is 35.5. The van der Waals surface area contributed by atoms with E-state index in [2.05, 4.69) is 136 Å². The zero-order valence-electron chi connectivity index (χ0n) is 65.9. The second-order valence-electron chi connectivity index (χ2n) is 28.9. The minimum atomic E-state index is -4.77. The van der Waals surface area contributed by atoms with Crippen LogP contribution in [-0.2, 0) is 25.8 Å². The van der Waals surface area contributed by atoms with Gasteiger partial charge in [0.05, 0.1) is 16.7 Å². The van der Waals surface area contributed by atoms with Crippen molar-refractivity contribution in [2.45, 2.75) is 46.6 Å². The summed E-state index contributed by atoms with van der Waals surface area (Å²) in [6, 6.07) is 49.3.